The van der Waals surface area contributed by atoms with E-state index in [-0.39, 0.29) is 0 Å². The maximum Gasteiger partial charge on any atom is 0.126 e. The lowest BCUT2D eigenvalue weighted by molar-refractivity contribution is 0.949. The Morgan fingerprint density at radius 3 is 2.67 bits per heavy atom. The van der Waals surface area contributed by atoms with Crippen LogP contribution in [0.25, 0.3) is 11.1 Å². The minimum absolute atomic E-state index is 0.569. The molecule has 0 amide bonds. The lowest BCUT2D eigenvalue weighted by Gasteiger charge is -2.19. The van der Waals surface area contributed by atoms with E-state index in [0.717, 1.165) is 34.9 Å². The van der Waals surface area contributed by atoms with Gasteiger partial charge < -0.3 is 10.6 Å². The summed E-state index contributed by atoms with van der Waals surface area (Å²) in [6, 6.07) is 6.06. The first-order chi connectivity index (χ1) is 8.75. The number of hydrogen-bond donors (Lipinski definition) is 2. The highest BCUT2D eigenvalue weighted by Gasteiger charge is 2.16. The van der Waals surface area contributed by atoms with Crippen molar-refractivity contribution < 1.29 is 0 Å². The Labute approximate surface area is 111 Å². The van der Waals surface area contributed by atoms with Crippen molar-refractivity contribution in [3.05, 3.63) is 29.4 Å². The molecule has 1 aromatic carbocycles. The van der Waals surface area contributed by atoms with Crippen molar-refractivity contribution in [2.24, 2.45) is 0 Å². The van der Waals surface area contributed by atoms with Gasteiger partial charge in [0.05, 0.1) is 16.9 Å². The molecule has 3 rings (SSSR count). The van der Waals surface area contributed by atoms with E-state index in [1.165, 1.54) is 12.8 Å². The zero-order valence-corrected chi connectivity index (χ0v) is 10.7. The van der Waals surface area contributed by atoms with Crippen LogP contribution in [-0.2, 0) is 0 Å². The third-order valence-corrected chi connectivity index (χ3v) is 3.68. The van der Waals surface area contributed by atoms with Gasteiger partial charge in [0, 0.05) is 18.7 Å². The van der Waals surface area contributed by atoms with Gasteiger partial charge in [-0.3, -0.25) is 5.10 Å². The van der Waals surface area contributed by atoms with E-state index < -0.39 is 0 Å². The van der Waals surface area contributed by atoms with Crippen LogP contribution >= 0.6 is 11.6 Å². The van der Waals surface area contributed by atoms with Gasteiger partial charge in [-0.1, -0.05) is 17.7 Å². The molecule has 1 aromatic heterocycles. The molecule has 2 aromatic rings. The monoisotopic (exact) mass is 262 g/mol. The second kappa shape index (κ2) is 4.53. The van der Waals surface area contributed by atoms with Crippen LogP contribution in [0, 0.1) is 0 Å². The molecule has 18 heavy (non-hydrogen) atoms. The number of halogens is 1. The van der Waals surface area contributed by atoms with Gasteiger partial charge in [-0.25, -0.2) is 0 Å². The second-order valence-electron chi connectivity index (χ2n) is 4.56. The van der Waals surface area contributed by atoms with E-state index in [2.05, 4.69) is 21.2 Å². The van der Waals surface area contributed by atoms with Crippen molar-refractivity contribution in [3.8, 4) is 11.1 Å². The lowest BCUT2D eigenvalue weighted by atomic mass is 10.1. The fraction of sp³-hybridized carbons (Fsp3) is 0.308. The second-order valence-corrected chi connectivity index (χ2v) is 4.96. The number of nitrogens with zero attached hydrogens (tertiary/aromatic N) is 2. The fourth-order valence-corrected chi connectivity index (χ4v) is 2.72. The lowest BCUT2D eigenvalue weighted by Crippen LogP contribution is -2.17. The van der Waals surface area contributed by atoms with E-state index in [1.807, 2.05) is 12.1 Å². The van der Waals surface area contributed by atoms with Crippen molar-refractivity contribution in [1.29, 1.82) is 0 Å². The largest absolute Gasteiger partial charge is 0.384 e. The van der Waals surface area contributed by atoms with E-state index >= 15 is 0 Å². The highest BCUT2D eigenvalue weighted by atomic mass is 35.5. The molecule has 4 nitrogen and oxygen atoms in total. The Morgan fingerprint density at radius 2 is 2.06 bits per heavy atom. The summed E-state index contributed by atoms with van der Waals surface area (Å²) in [5.41, 5.74) is 8.81. The number of nitrogen functional groups attached to an aromatic ring is 1. The average molecular weight is 263 g/mol. The highest BCUT2D eigenvalue weighted by molar-refractivity contribution is 6.33. The van der Waals surface area contributed by atoms with Gasteiger partial charge in [-0.2, -0.15) is 5.10 Å². The molecule has 0 atom stereocenters. The Bertz CT molecular complexity index is 558. The molecule has 1 aliphatic rings. The van der Waals surface area contributed by atoms with Crippen LogP contribution in [0.15, 0.2) is 24.4 Å². The maximum absolute atomic E-state index is 6.37. The molecule has 5 heteroatoms. The van der Waals surface area contributed by atoms with Crippen LogP contribution in [0.1, 0.15) is 12.8 Å². The molecule has 3 N–H and O–H groups in total. The first-order valence-corrected chi connectivity index (χ1v) is 6.47. The van der Waals surface area contributed by atoms with Crippen LogP contribution < -0.4 is 10.6 Å². The summed E-state index contributed by atoms with van der Waals surface area (Å²) in [6.45, 7) is 2.18. The predicted octanol–water partition coefficient (Wildman–Crippen LogP) is 2.91. The number of anilines is 2. The Morgan fingerprint density at radius 1 is 1.28 bits per heavy atom. The van der Waals surface area contributed by atoms with Crippen LogP contribution in [0.3, 0.4) is 0 Å². The van der Waals surface area contributed by atoms with Crippen molar-refractivity contribution in [2.75, 3.05) is 23.7 Å². The van der Waals surface area contributed by atoms with Gasteiger partial charge in [-0.15, -0.1) is 0 Å². The molecular weight excluding hydrogens is 248 g/mol. The molecule has 0 unspecified atom stereocenters. The summed E-state index contributed by atoms with van der Waals surface area (Å²) >= 11 is 6.37. The van der Waals surface area contributed by atoms with Crippen molar-refractivity contribution >= 4 is 23.1 Å². The summed E-state index contributed by atoms with van der Waals surface area (Å²) in [6.07, 6.45) is 4.20. The first kappa shape index (κ1) is 11.4. The number of aromatic nitrogens is 2. The fourth-order valence-electron chi connectivity index (χ4n) is 2.42. The van der Waals surface area contributed by atoms with Gasteiger partial charge >= 0.3 is 0 Å². The van der Waals surface area contributed by atoms with Crippen LogP contribution in [0.4, 0.5) is 11.5 Å². The van der Waals surface area contributed by atoms with Gasteiger partial charge in [0.15, 0.2) is 0 Å². The van der Waals surface area contributed by atoms with E-state index in [1.54, 1.807) is 6.20 Å². The van der Waals surface area contributed by atoms with Crippen molar-refractivity contribution in [3.63, 3.8) is 0 Å². The number of H-pyrrole nitrogens is 1. The topological polar surface area (TPSA) is 57.9 Å². The number of nitrogens with two attached hydrogens (primary N) is 1. The Hall–Kier alpha value is -1.68. The first-order valence-electron chi connectivity index (χ1n) is 6.09. The molecule has 0 bridgehead atoms. The Balaban J connectivity index is 1.96. The molecule has 0 saturated carbocycles. The number of benzene rings is 1. The van der Waals surface area contributed by atoms with Gasteiger partial charge in [-0.05, 0) is 30.5 Å². The van der Waals surface area contributed by atoms with Crippen LogP contribution in [0.5, 0.6) is 0 Å². The number of aromatic amines is 1. The molecule has 0 aliphatic carbocycles. The number of rotatable bonds is 2. The third-order valence-electron chi connectivity index (χ3n) is 3.37. The highest BCUT2D eigenvalue weighted by Crippen LogP contribution is 2.34. The van der Waals surface area contributed by atoms with Crippen molar-refractivity contribution in [2.45, 2.75) is 12.8 Å². The zero-order valence-electron chi connectivity index (χ0n) is 9.99. The van der Waals surface area contributed by atoms with Gasteiger partial charge in [0.1, 0.15) is 5.82 Å². The van der Waals surface area contributed by atoms with Crippen molar-refractivity contribution in [1.82, 2.24) is 10.2 Å². The minimum atomic E-state index is 0.569. The number of nitrogens with one attached hydrogen (secondary N) is 1. The van der Waals surface area contributed by atoms with E-state index in [9.17, 15) is 0 Å². The summed E-state index contributed by atoms with van der Waals surface area (Å²) in [5.74, 6) is 0.569. The van der Waals surface area contributed by atoms with Gasteiger partial charge in [0.25, 0.3) is 0 Å². The molecule has 2 heterocycles. The Kier molecular flexibility index (Phi) is 2.88. The quantitative estimate of drug-likeness (QED) is 0.875. The van der Waals surface area contributed by atoms with Crippen LogP contribution in [0.2, 0.25) is 5.02 Å². The molecule has 94 valence electrons. The SMILES string of the molecule is Nc1[nH]ncc1-c1ccc(N2CCCC2)c(Cl)c1. The average Bonchev–Trinajstić information content (AvgIpc) is 2.99. The molecule has 0 spiro atoms. The smallest absolute Gasteiger partial charge is 0.126 e. The summed E-state index contributed by atoms with van der Waals surface area (Å²) in [4.78, 5) is 2.32. The maximum atomic E-state index is 6.37. The van der Waals surface area contributed by atoms with Crippen LogP contribution in [-0.4, -0.2) is 23.3 Å². The minimum Gasteiger partial charge on any atom is -0.384 e. The summed E-state index contributed by atoms with van der Waals surface area (Å²) in [7, 11) is 0. The molecule has 1 saturated heterocycles. The third kappa shape index (κ3) is 1.93. The summed E-state index contributed by atoms with van der Waals surface area (Å²) < 4.78 is 0. The predicted molar refractivity (Wildman–Crippen MR) is 74.9 cm³/mol. The molecular formula is C13H15ClN4. The van der Waals surface area contributed by atoms with E-state index in [4.69, 9.17) is 17.3 Å². The standard InChI is InChI=1S/C13H15ClN4/c14-11-7-9(10-8-16-17-13(10)15)3-4-12(11)18-5-1-2-6-18/h3-4,7-8H,1-2,5-6H2,(H3,15,16,17). The van der Waals surface area contributed by atoms with E-state index in [0.29, 0.717) is 5.82 Å². The zero-order chi connectivity index (χ0) is 12.5. The molecule has 1 aliphatic heterocycles. The summed E-state index contributed by atoms with van der Waals surface area (Å²) in [5, 5.41) is 7.43. The molecule has 0 radical (unpaired) electrons. The molecule has 1 fully saturated rings. The number of hydrogen-bond acceptors (Lipinski definition) is 3. The van der Waals surface area contributed by atoms with Gasteiger partial charge in [0.2, 0.25) is 0 Å². The normalized spacial score (nSPS) is 15.3.